The van der Waals surface area contributed by atoms with E-state index in [0.29, 0.717) is 11.9 Å². The van der Waals surface area contributed by atoms with Gasteiger partial charge in [-0.05, 0) is 31.4 Å². The summed E-state index contributed by atoms with van der Waals surface area (Å²) in [5.74, 6) is 1.02. The molecule has 1 heterocycles. The Hall–Kier alpha value is -1.10. The van der Waals surface area contributed by atoms with Crippen LogP contribution in [0.2, 0.25) is 5.28 Å². The van der Waals surface area contributed by atoms with E-state index in [1.807, 2.05) is 0 Å². The van der Waals surface area contributed by atoms with Gasteiger partial charge in [-0.3, -0.25) is 0 Å². The maximum Gasteiger partial charge on any atom is 0.229 e. The summed E-state index contributed by atoms with van der Waals surface area (Å²) in [6.45, 7) is 2.13. The minimum absolute atomic E-state index is 0.149. The smallest absolute Gasteiger partial charge is 0.229 e. The highest BCUT2D eigenvalue weighted by atomic mass is 35.5. The largest absolute Gasteiger partial charge is 0.357 e. The predicted octanol–water partition coefficient (Wildman–Crippen LogP) is 1.53. The standard InChI is InChI=1S/C8H12ClN5/c1-8(3-4-8)14-7-12-5(9)11-6(10-2)13-7/h3-4H2,1-2H3,(H2,10,11,12,13,14). The zero-order valence-electron chi connectivity index (χ0n) is 8.13. The molecule has 0 bridgehead atoms. The Morgan fingerprint density at radius 2 is 1.86 bits per heavy atom. The lowest BCUT2D eigenvalue weighted by Crippen LogP contribution is -2.18. The van der Waals surface area contributed by atoms with E-state index in [1.54, 1.807) is 7.05 Å². The highest BCUT2D eigenvalue weighted by molar-refractivity contribution is 6.28. The number of anilines is 2. The second kappa shape index (κ2) is 3.24. The van der Waals surface area contributed by atoms with Crippen LogP contribution in [0.25, 0.3) is 0 Å². The highest BCUT2D eigenvalue weighted by Crippen LogP contribution is 2.37. The first-order chi connectivity index (χ1) is 6.61. The van der Waals surface area contributed by atoms with Crippen molar-refractivity contribution in [3.63, 3.8) is 0 Å². The van der Waals surface area contributed by atoms with Crippen molar-refractivity contribution in [1.82, 2.24) is 15.0 Å². The summed E-state index contributed by atoms with van der Waals surface area (Å²) in [5.41, 5.74) is 0.149. The maximum absolute atomic E-state index is 5.74. The molecule has 76 valence electrons. The lowest BCUT2D eigenvalue weighted by Gasteiger charge is -2.11. The average Bonchev–Trinajstić information content (AvgIpc) is 2.82. The van der Waals surface area contributed by atoms with E-state index in [4.69, 9.17) is 11.6 Å². The second-order valence-electron chi connectivity index (χ2n) is 3.69. The van der Waals surface area contributed by atoms with E-state index < -0.39 is 0 Å². The lowest BCUT2D eigenvalue weighted by molar-refractivity contribution is 0.806. The molecule has 0 aromatic carbocycles. The Labute approximate surface area is 87.3 Å². The first kappa shape index (κ1) is 9.45. The zero-order chi connectivity index (χ0) is 10.2. The van der Waals surface area contributed by atoms with E-state index >= 15 is 0 Å². The van der Waals surface area contributed by atoms with Gasteiger partial charge in [-0.1, -0.05) is 0 Å². The third kappa shape index (κ3) is 2.04. The Morgan fingerprint density at radius 3 is 2.43 bits per heavy atom. The minimum atomic E-state index is 0.149. The molecule has 0 radical (unpaired) electrons. The summed E-state index contributed by atoms with van der Waals surface area (Å²) in [5, 5.41) is 6.25. The van der Waals surface area contributed by atoms with Crippen molar-refractivity contribution in [1.29, 1.82) is 0 Å². The zero-order valence-corrected chi connectivity index (χ0v) is 8.89. The Balaban J connectivity index is 2.20. The molecule has 0 unspecified atom stereocenters. The fourth-order valence-corrected chi connectivity index (χ4v) is 1.26. The van der Waals surface area contributed by atoms with Gasteiger partial charge >= 0.3 is 0 Å². The van der Waals surface area contributed by atoms with Crippen LogP contribution >= 0.6 is 11.6 Å². The van der Waals surface area contributed by atoms with E-state index in [2.05, 4.69) is 32.5 Å². The van der Waals surface area contributed by atoms with Gasteiger partial charge < -0.3 is 10.6 Å². The monoisotopic (exact) mass is 213 g/mol. The third-order valence-electron chi connectivity index (χ3n) is 2.25. The summed E-state index contributed by atoms with van der Waals surface area (Å²) >= 11 is 5.74. The molecule has 5 nitrogen and oxygen atoms in total. The van der Waals surface area contributed by atoms with E-state index in [0.717, 1.165) is 12.8 Å². The molecule has 2 rings (SSSR count). The number of halogens is 1. The van der Waals surface area contributed by atoms with Crippen LogP contribution in [0, 0.1) is 0 Å². The molecule has 6 heteroatoms. The van der Waals surface area contributed by atoms with Crippen LogP contribution in [-0.4, -0.2) is 27.5 Å². The quantitative estimate of drug-likeness (QED) is 0.798. The number of rotatable bonds is 3. The fourth-order valence-electron chi connectivity index (χ4n) is 1.10. The van der Waals surface area contributed by atoms with Crippen molar-refractivity contribution < 1.29 is 0 Å². The first-order valence-corrected chi connectivity index (χ1v) is 4.87. The van der Waals surface area contributed by atoms with E-state index in [9.17, 15) is 0 Å². The molecular formula is C8H12ClN5. The molecular weight excluding hydrogens is 202 g/mol. The number of aromatic nitrogens is 3. The van der Waals surface area contributed by atoms with Crippen molar-refractivity contribution in [3.05, 3.63) is 5.28 Å². The molecule has 0 amide bonds. The molecule has 1 aliphatic carbocycles. The third-order valence-corrected chi connectivity index (χ3v) is 2.41. The van der Waals surface area contributed by atoms with Gasteiger partial charge in [0.1, 0.15) is 0 Å². The van der Waals surface area contributed by atoms with Crippen LogP contribution in [0.5, 0.6) is 0 Å². The Morgan fingerprint density at radius 1 is 1.21 bits per heavy atom. The van der Waals surface area contributed by atoms with Crippen LogP contribution < -0.4 is 10.6 Å². The predicted molar refractivity (Wildman–Crippen MR) is 55.6 cm³/mol. The molecule has 0 saturated heterocycles. The van der Waals surface area contributed by atoms with Gasteiger partial charge in [0.05, 0.1) is 0 Å². The SMILES string of the molecule is CNc1nc(Cl)nc(NC2(C)CC2)n1. The van der Waals surface area contributed by atoms with E-state index in [-0.39, 0.29) is 10.8 Å². The Bertz CT molecular complexity index is 350. The maximum atomic E-state index is 5.74. The number of hydrogen-bond donors (Lipinski definition) is 2. The number of nitrogens with zero attached hydrogens (tertiary/aromatic N) is 3. The fraction of sp³-hybridized carbons (Fsp3) is 0.625. The number of nitrogens with one attached hydrogen (secondary N) is 2. The van der Waals surface area contributed by atoms with Crippen LogP contribution in [-0.2, 0) is 0 Å². The van der Waals surface area contributed by atoms with Gasteiger partial charge in [0.25, 0.3) is 0 Å². The van der Waals surface area contributed by atoms with Gasteiger partial charge in [-0.15, -0.1) is 0 Å². The van der Waals surface area contributed by atoms with Gasteiger partial charge in [-0.2, -0.15) is 15.0 Å². The summed E-state index contributed by atoms with van der Waals surface area (Å²) in [6.07, 6.45) is 2.29. The van der Waals surface area contributed by atoms with Gasteiger partial charge in [0.2, 0.25) is 17.2 Å². The summed E-state index contributed by atoms with van der Waals surface area (Å²) in [4.78, 5) is 12.0. The molecule has 1 aromatic heterocycles. The van der Waals surface area contributed by atoms with Crippen molar-refractivity contribution in [2.45, 2.75) is 25.3 Å². The van der Waals surface area contributed by atoms with Crippen LogP contribution in [0.3, 0.4) is 0 Å². The Kier molecular flexibility index (Phi) is 2.19. The minimum Gasteiger partial charge on any atom is -0.357 e. The average molecular weight is 214 g/mol. The van der Waals surface area contributed by atoms with Crippen LogP contribution in [0.4, 0.5) is 11.9 Å². The molecule has 14 heavy (non-hydrogen) atoms. The van der Waals surface area contributed by atoms with E-state index in [1.165, 1.54) is 0 Å². The summed E-state index contributed by atoms with van der Waals surface area (Å²) < 4.78 is 0. The van der Waals surface area contributed by atoms with Crippen molar-refractivity contribution in [2.24, 2.45) is 0 Å². The molecule has 1 fully saturated rings. The molecule has 1 saturated carbocycles. The van der Waals surface area contributed by atoms with Gasteiger partial charge in [0.15, 0.2) is 0 Å². The summed E-state index contributed by atoms with van der Waals surface area (Å²) in [7, 11) is 1.74. The molecule has 0 atom stereocenters. The topological polar surface area (TPSA) is 62.7 Å². The lowest BCUT2D eigenvalue weighted by atomic mass is 10.3. The molecule has 0 aliphatic heterocycles. The van der Waals surface area contributed by atoms with Gasteiger partial charge in [-0.25, -0.2) is 0 Å². The highest BCUT2D eigenvalue weighted by Gasteiger charge is 2.37. The molecule has 1 aliphatic rings. The number of hydrogen-bond acceptors (Lipinski definition) is 5. The van der Waals surface area contributed by atoms with Crippen molar-refractivity contribution in [3.8, 4) is 0 Å². The van der Waals surface area contributed by atoms with Crippen molar-refractivity contribution >= 4 is 23.5 Å². The first-order valence-electron chi connectivity index (χ1n) is 4.49. The molecule has 0 spiro atoms. The molecule has 1 aromatic rings. The molecule has 2 N–H and O–H groups in total. The normalized spacial score (nSPS) is 17.6. The second-order valence-corrected chi connectivity index (χ2v) is 4.03. The van der Waals surface area contributed by atoms with Crippen LogP contribution in [0.1, 0.15) is 19.8 Å². The summed E-state index contributed by atoms with van der Waals surface area (Å²) in [6, 6.07) is 0. The van der Waals surface area contributed by atoms with Gasteiger partial charge in [0, 0.05) is 12.6 Å². The van der Waals surface area contributed by atoms with Crippen LogP contribution in [0.15, 0.2) is 0 Å². The van der Waals surface area contributed by atoms with Crippen molar-refractivity contribution in [2.75, 3.05) is 17.7 Å².